The lowest BCUT2D eigenvalue weighted by Gasteiger charge is -1.80. The fourth-order valence-corrected chi connectivity index (χ4v) is 1.26. The van der Waals surface area contributed by atoms with Crippen LogP contribution in [0.4, 0.5) is 0 Å². The van der Waals surface area contributed by atoms with E-state index in [9.17, 15) is 0 Å². The second kappa shape index (κ2) is 2.16. The second-order valence-corrected chi connectivity index (χ2v) is 2.91. The lowest BCUT2D eigenvalue weighted by atomic mass is 11.0. The van der Waals surface area contributed by atoms with Crippen LogP contribution in [0.25, 0.3) is 0 Å². The van der Waals surface area contributed by atoms with Gasteiger partial charge in [0.15, 0.2) is 0 Å². The van der Waals surface area contributed by atoms with Crippen molar-refractivity contribution in [2.45, 2.75) is 0 Å². The summed E-state index contributed by atoms with van der Waals surface area (Å²) in [7, 11) is 0. The monoisotopic (exact) mass is 154 g/mol. The normalized spacial score (nSPS) is 20.3. The second-order valence-electron chi connectivity index (χ2n) is 0.996. The number of thioether (sulfide) groups is 1. The molecule has 0 amide bonds. The highest BCUT2D eigenvalue weighted by Gasteiger charge is 2.10. The van der Waals surface area contributed by atoms with E-state index in [0.717, 1.165) is 0 Å². The fraction of sp³-hybridized carbons (Fsp3) is 0.333. The highest BCUT2D eigenvalue weighted by atomic mass is 35.5. The van der Waals surface area contributed by atoms with Crippen molar-refractivity contribution in [1.82, 2.24) is 5.32 Å². The van der Waals surface area contributed by atoms with Gasteiger partial charge in [0.25, 0.3) is 0 Å². The number of nitrogens with zero attached hydrogens (tertiary/aromatic N) is 1. The first-order chi connectivity index (χ1) is 3.30. The van der Waals surface area contributed by atoms with Crippen molar-refractivity contribution in [1.29, 1.82) is 0 Å². The third kappa shape index (κ3) is 1.18. The van der Waals surface area contributed by atoms with Crippen molar-refractivity contribution in [3.8, 4) is 0 Å². The Kier molecular flexibility index (Phi) is 1.73. The van der Waals surface area contributed by atoms with E-state index < -0.39 is 0 Å². The molecule has 0 aromatic rings. The molecular formula is C3H2Cl2NS. The minimum absolute atomic E-state index is 0.451. The number of hydrogen-bond acceptors (Lipinski definition) is 1. The largest absolute Gasteiger partial charge is 0.260 e. The minimum Gasteiger partial charge on any atom is -0.260 e. The number of rotatable bonds is 0. The molecule has 1 rings (SSSR count). The first kappa shape index (κ1) is 5.60. The maximum atomic E-state index is 5.48. The highest BCUT2D eigenvalue weighted by Crippen LogP contribution is 2.30. The van der Waals surface area contributed by atoms with Gasteiger partial charge in [-0.3, -0.25) is 5.32 Å². The van der Waals surface area contributed by atoms with Crippen molar-refractivity contribution in [3.05, 3.63) is 9.52 Å². The van der Waals surface area contributed by atoms with Crippen LogP contribution in [0, 0.1) is 0 Å². The molecule has 0 saturated carbocycles. The first-order valence-electron chi connectivity index (χ1n) is 1.66. The van der Waals surface area contributed by atoms with E-state index in [1.165, 1.54) is 11.8 Å². The van der Waals surface area contributed by atoms with E-state index in [-0.39, 0.29) is 0 Å². The molecule has 0 aromatic heterocycles. The van der Waals surface area contributed by atoms with E-state index in [1.54, 1.807) is 0 Å². The van der Waals surface area contributed by atoms with Gasteiger partial charge in [0, 0.05) is 0 Å². The molecule has 39 valence electrons. The summed E-state index contributed by atoms with van der Waals surface area (Å²) in [6.07, 6.45) is 0. The zero-order chi connectivity index (χ0) is 5.28. The smallest absolute Gasteiger partial charge is 0.149 e. The number of halogens is 2. The summed E-state index contributed by atoms with van der Waals surface area (Å²) >= 11 is 12.4. The third-order valence-corrected chi connectivity index (χ3v) is 2.29. The fourth-order valence-electron chi connectivity index (χ4n) is 0.267. The van der Waals surface area contributed by atoms with E-state index in [0.29, 0.717) is 15.4 Å². The van der Waals surface area contributed by atoms with Gasteiger partial charge in [0.1, 0.15) is 9.52 Å². The minimum atomic E-state index is 0.451. The summed E-state index contributed by atoms with van der Waals surface area (Å²) in [5.74, 6) is 0.678. The molecule has 1 aliphatic rings. The van der Waals surface area contributed by atoms with Gasteiger partial charge in [0.2, 0.25) is 0 Å². The third-order valence-electron chi connectivity index (χ3n) is 0.557. The molecule has 0 saturated heterocycles. The van der Waals surface area contributed by atoms with Gasteiger partial charge < -0.3 is 0 Å². The van der Waals surface area contributed by atoms with Crippen LogP contribution < -0.4 is 5.32 Å². The lowest BCUT2D eigenvalue weighted by molar-refractivity contribution is 1.03. The van der Waals surface area contributed by atoms with Gasteiger partial charge in [-0.05, 0) is 0 Å². The molecule has 1 nitrogen and oxygen atoms in total. The van der Waals surface area contributed by atoms with Crippen molar-refractivity contribution >= 4 is 35.0 Å². The highest BCUT2D eigenvalue weighted by molar-refractivity contribution is 8.04. The molecule has 7 heavy (non-hydrogen) atoms. The molecule has 0 aliphatic carbocycles. The van der Waals surface area contributed by atoms with Crippen LogP contribution in [-0.2, 0) is 0 Å². The van der Waals surface area contributed by atoms with Crippen molar-refractivity contribution in [2.75, 3.05) is 5.88 Å². The summed E-state index contributed by atoms with van der Waals surface area (Å²) < 4.78 is 0.613. The van der Waals surface area contributed by atoms with E-state index in [2.05, 4.69) is 5.32 Å². The van der Waals surface area contributed by atoms with Crippen LogP contribution in [0.1, 0.15) is 0 Å². The van der Waals surface area contributed by atoms with Crippen molar-refractivity contribution in [3.63, 3.8) is 0 Å². The zero-order valence-corrected chi connectivity index (χ0v) is 5.65. The molecular weight excluding hydrogens is 153 g/mol. The molecule has 4 heteroatoms. The van der Waals surface area contributed by atoms with Gasteiger partial charge >= 0.3 is 0 Å². The Labute approximate surface area is 56.1 Å². The predicted molar refractivity (Wildman–Crippen MR) is 33.3 cm³/mol. The molecule has 1 radical (unpaired) electrons. The Morgan fingerprint density at radius 2 is 2.29 bits per heavy atom. The summed E-state index contributed by atoms with van der Waals surface area (Å²) in [5, 5.41) is 4.24. The Bertz CT molecular complexity index is 99.5. The molecule has 1 heterocycles. The van der Waals surface area contributed by atoms with Crippen LogP contribution in [0.15, 0.2) is 9.52 Å². The number of hydrogen-bond donors (Lipinski definition) is 0. The average molecular weight is 155 g/mol. The average Bonchev–Trinajstić information content (AvgIpc) is 1.91. The van der Waals surface area contributed by atoms with Crippen molar-refractivity contribution in [2.24, 2.45) is 0 Å². The Hall–Kier alpha value is 0.470. The Balaban J connectivity index is 2.64. The SMILES string of the molecule is ClC1=C(Cl)SC[N]1. The summed E-state index contributed by atoms with van der Waals surface area (Å²) in [6.45, 7) is 0. The molecule has 0 atom stereocenters. The molecule has 0 N–H and O–H groups in total. The molecule has 1 aliphatic heterocycles. The molecule has 0 unspecified atom stereocenters. The van der Waals surface area contributed by atoms with Gasteiger partial charge in [0.05, 0.1) is 5.88 Å². The Morgan fingerprint density at radius 3 is 2.43 bits per heavy atom. The van der Waals surface area contributed by atoms with Gasteiger partial charge in [-0.2, -0.15) is 0 Å². The lowest BCUT2D eigenvalue weighted by Crippen LogP contribution is -1.88. The van der Waals surface area contributed by atoms with Gasteiger partial charge in [-0.1, -0.05) is 35.0 Å². The maximum Gasteiger partial charge on any atom is 0.149 e. The van der Waals surface area contributed by atoms with Crippen molar-refractivity contribution < 1.29 is 0 Å². The van der Waals surface area contributed by atoms with Gasteiger partial charge in [-0.15, -0.1) is 0 Å². The van der Waals surface area contributed by atoms with E-state index in [1.807, 2.05) is 0 Å². The van der Waals surface area contributed by atoms with Gasteiger partial charge in [-0.25, -0.2) is 0 Å². The predicted octanol–water partition coefficient (Wildman–Crippen LogP) is 1.90. The summed E-state index contributed by atoms with van der Waals surface area (Å²) in [5.41, 5.74) is 0. The molecule has 0 aromatic carbocycles. The summed E-state index contributed by atoms with van der Waals surface area (Å²) in [6, 6.07) is 0. The first-order valence-corrected chi connectivity index (χ1v) is 3.40. The summed E-state index contributed by atoms with van der Waals surface area (Å²) in [4.78, 5) is 0. The molecule has 0 fully saturated rings. The van der Waals surface area contributed by atoms with Crippen LogP contribution in [-0.4, -0.2) is 5.88 Å². The molecule has 0 bridgehead atoms. The standard InChI is InChI=1S/C3H2Cl2NS/c4-2-3(5)7-1-6-2/h1H2. The maximum absolute atomic E-state index is 5.48. The van der Waals surface area contributed by atoms with E-state index >= 15 is 0 Å². The topological polar surface area (TPSA) is 14.1 Å². The van der Waals surface area contributed by atoms with Crippen LogP contribution >= 0.6 is 35.0 Å². The van der Waals surface area contributed by atoms with Crippen LogP contribution in [0.5, 0.6) is 0 Å². The quantitative estimate of drug-likeness (QED) is 0.487. The zero-order valence-electron chi connectivity index (χ0n) is 3.32. The Morgan fingerprint density at radius 1 is 1.57 bits per heavy atom. The van der Waals surface area contributed by atoms with Crippen LogP contribution in [0.3, 0.4) is 0 Å². The molecule has 0 spiro atoms. The van der Waals surface area contributed by atoms with E-state index in [4.69, 9.17) is 23.2 Å². The van der Waals surface area contributed by atoms with Crippen LogP contribution in [0.2, 0.25) is 0 Å².